The first-order chi connectivity index (χ1) is 24.1. The first-order valence-corrected chi connectivity index (χ1v) is 18.6. The zero-order valence-corrected chi connectivity index (χ0v) is 30.3. The van der Waals surface area contributed by atoms with Crippen molar-refractivity contribution in [2.75, 3.05) is 25.1 Å². The van der Waals surface area contributed by atoms with Gasteiger partial charge >= 0.3 is 0 Å². The van der Waals surface area contributed by atoms with Gasteiger partial charge in [0, 0.05) is 30.1 Å². The van der Waals surface area contributed by atoms with Crippen LogP contribution in [0, 0.1) is 6.92 Å². The minimum absolute atomic E-state index is 0.0148. The molecule has 1 unspecified atom stereocenters. The molecule has 1 aliphatic rings. The minimum atomic E-state index is -4.36. The summed E-state index contributed by atoms with van der Waals surface area (Å²) < 4.78 is 40.7. The lowest BCUT2D eigenvalue weighted by atomic mass is 9.94. The van der Waals surface area contributed by atoms with Gasteiger partial charge in [0.1, 0.15) is 12.6 Å². The van der Waals surface area contributed by atoms with E-state index in [-0.39, 0.29) is 41.2 Å². The summed E-state index contributed by atoms with van der Waals surface area (Å²) in [6.07, 6.45) is 5.20. The van der Waals surface area contributed by atoms with Gasteiger partial charge in [-0.1, -0.05) is 85.5 Å². The number of benzene rings is 4. The Morgan fingerprint density at radius 3 is 2.18 bits per heavy atom. The number of methoxy groups -OCH3 is 2. The van der Waals surface area contributed by atoms with E-state index in [1.807, 2.05) is 61.5 Å². The summed E-state index contributed by atoms with van der Waals surface area (Å²) in [4.78, 5) is 30.5. The monoisotopic (exact) mass is 717 g/mol. The van der Waals surface area contributed by atoms with Crippen LogP contribution in [-0.4, -0.2) is 58.0 Å². The van der Waals surface area contributed by atoms with E-state index in [9.17, 15) is 18.0 Å². The number of aryl methyl sites for hydroxylation is 1. The lowest BCUT2D eigenvalue weighted by Crippen LogP contribution is -2.55. The summed E-state index contributed by atoms with van der Waals surface area (Å²) >= 11 is 6.20. The lowest BCUT2D eigenvalue weighted by Gasteiger charge is -2.35. The fourth-order valence-electron chi connectivity index (χ4n) is 6.31. The highest BCUT2D eigenvalue weighted by atomic mass is 35.5. The first kappa shape index (κ1) is 36.7. The Labute approximate surface area is 300 Å². The molecule has 0 bridgehead atoms. The molecule has 0 heterocycles. The van der Waals surface area contributed by atoms with Gasteiger partial charge in [-0.25, -0.2) is 8.42 Å². The number of rotatable bonds is 14. The number of anilines is 1. The second kappa shape index (κ2) is 16.9. The van der Waals surface area contributed by atoms with Crippen molar-refractivity contribution in [1.29, 1.82) is 0 Å². The van der Waals surface area contributed by atoms with E-state index < -0.39 is 28.5 Å². The van der Waals surface area contributed by atoms with Crippen LogP contribution in [0.15, 0.2) is 102 Å². The molecule has 1 fully saturated rings. The van der Waals surface area contributed by atoms with Gasteiger partial charge in [-0.05, 0) is 72.9 Å². The number of amides is 2. The number of nitrogens with one attached hydrogen (secondary N) is 1. The van der Waals surface area contributed by atoms with Crippen molar-refractivity contribution in [3.05, 3.63) is 119 Å². The minimum Gasteiger partial charge on any atom is -0.493 e. The Kier molecular flexibility index (Phi) is 12.4. The number of sulfonamides is 1. The number of nitrogens with zero attached hydrogens (tertiary/aromatic N) is 2. The van der Waals surface area contributed by atoms with E-state index in [1.54, 1.807) is 24.3 Å². The average molecular weight is 718 g/mol. The summed E-state index contributed by atoms with van der Waals surface area (Å²) in [6, 6.07) is 26.9. The zero-order valence-electron chi connectivity index (χ0n) is 28.7. The predicted octanol–water partition coefficient (Wildman–Crippen LogP) is 6.95. The van der Waals surface area contributed by atoms with Gasteiger partial charge in [-0.15, -0.1) is 0 Å². The highest BCUT2D eigenvalue weighted by molar-refractivity contribution is 7.92. The molecule has 2 amide bonds. The van der Waals surface area contributed by atoms with Crippen molar-refractivity contribution < 1.29 is 27.5 Å². The molecule has 0 aliphatic heterocycles. The third kappa shape index (κ3) is 8.97. The molecule has 0 saturated heterocycles. The van der Waals surface area contributed by atoms with Crippen LogP contribution in [0.5, 0.6) is 11.5 Å². The number of hydrogen-bond acceptors (Lipinski definition) is 6. The smallest absolute Gasteiger partial charge is 0.264 e. The molecule has 5 rings (SSSR count). The van der Waals surface area contributed by atoms with E-state index >= 15 is 0 Å². The van der Waals surface area contributed by atoms with Crippen LogP contribution in [-0.2, 0) is 32.6 Å². The molecular weight excluding hydrogens is 674 g/mol. The largest absolute Gasteiger partial charge is 0.493 e. The quantitative estimate of drug-likeness (QED) is 0.151. The van der Waals surface area contributed by atoms with Crippen LogP contribution in [0.1, 0.15) is 48.8 Å². The molecule has 0 aromatic heterocycles. The number of carbonyl (C=O) groups excluding carboxylic acids is 2. The summed E-state index contributed by atoms with van der Waals surface area (Å²) in [6.45, 7) is 1.48. The molecule has 264 valence electrons. The first-order valence-electron chi connectivity index (χ1n) is 16.8. The molecule has 50 heavy (non-hydrogen) atoms. The topological polar surface area (TPSA) is 105 Å². The van der Waals surface area contributed by atoms with Gasteiger partial charge < -0.3 is 19.7 Å². The van der Waals surface area contributed by atoms with Crippen LogP contribution in [0.2, 0.25) is 5.02 Å². The summed E-state index contributed by atoms with van der Waals surface area (Å²) in [7, 11) is -1.47. The third-order valence-corrected chi connectivity index (χ3v) is 11.2. The normalized spacial score (nSPS) is 14.0. The predicted molar refractivity (Wildman–Crippen MR) is 196 cm³/mol. The maximum absolute atomic E-state index is 14.8. The average Bonchev–Trinajstić information content (AvgIpc) is 3.13. The van der Waals surface area contributed by atoms with Crippen molar-refractivity contribution in [2.24, 2.45) is 0 Å². The van der Waals surface area contributed by atoms with Gasteiger partial charge in [-0.3, -0.25) is 13.9 Å². The SMILES string of the molecule is COc1ccc(S(=O)(=O)N(CC(=O)N(Cc2ccccc2C)C(Cc2ccccc2)C(=O)NC2CCCCC2)c2ccc(Cl)cc2)cc1OC. The van der Waals surface area contributed by atoms with E-state index in [0.717, 1.165) is 53.1 Å². The van der Waals surface area contributed by atoms with E-state index in [2.05, 4.69) is 5.32 Å². The Morgan fingerprint density at radius 1 is 0.860 bits per heavy atom. The van der Waals surface area contributed by atoms with Crippen molar-refractivity contribution in [3.63, 3.8) is 0 Å². The van der Waals surface area contributed by atoms with E-state index in [1.165, 1.54) is 37.3 Å². The number of hydrogen-bond donors (Lipinski definition) is 1. The molecule has 1 saturated carbocycles. The second-order valence-electron chi connectivity index (χ2n) is 12.5. The maximum Gasteiger partial charge on any atom is 0.264 e. The highest BCUT2D eigenvalue weighted by Gasteiger charge is 2.36. The standard InChI is InChI=1S/C39H44ClN3O6S/c1-28-12-10-11-15-30(28)26-42(35(24-29-13-6-4-7-14-29)39(45)41-32-16-8-5-9-17-32)38(44)27-43(33-20-18-31(40)19-21-33)50(46,47)34-22-23-36(48-2)37(25-34)49-3/h4,6-7,10-15,18-23,25,32,35H,5,8-9,16-17,24,26-27H2,1-3H3,(H,41,45). The van der Waals surface area contributed by atoms with Crippen molar-refractivity contribution in [1.82, 2.24) is 10.2 Å². The Balaban J connectivity index is 1.58. The van der Waals surface area contributed by atoms with E-state index in [4.69, 9.17) is 21.1 Å². The van der Waals surface area contributed by atoms with Gasteiger partial charge in [0.2, 0.25) is 11.8 Å². The highest BCUT2D eigenvalue weighted by Crippen LogP contribution is 2.33. The molecule has 1 N–H and O–H groups in total. The molecule has 0 radical (unpaired) electrons. The summed E-state index contributed by atoms with van der Waals surface area (Å²) in [5.74, 6) is -0.215. The third-order valence-electron chi connectivity index (χ3n) is 9.16. The van der Waals surface area contributed by atoms with Crippen LogP contribution < -0.4 is 19.1 Å². The van der Waals surface area contributed by atoms with Crippen molar-refractivity contribution in [2.45, 2.75) is 69.0 Å². The van der Waals surface area contributed by atoms with Crippen molar-refractivity contribution >= 4 is 39.1 Å². The van der Waals surface area contributed by atoms with Crippen molar-refractivity contribution in [3.8, 4) is 11.5 Å². The molecule has 4 aromatic rings. The molecular formula is C39H44ClN3O6S. The van der Waals surface area contributed by atoms with Gasteiger partial charge in [0.25, 0.3) is 10.0 Å². The molecule has 11 heteroatoms. The van der Waals surface area contributed by atoms with Gasteiger partial charge in [0.05, 0.1) is 24.8 Å². The number of halogens is 1. The maximum atomic E-state index is 14.8. The number of carbonyl (C=O) groups is 2. The second-order valence-corrected chi connectivity index (χ2v) is 14.8. The fourth-order valence-corrected chi connectivity index (χ4v) is 7.87. The molecule has 1 atom stereocenters. The Bertz CT molecular complexity index is 1860. The lowest BCUT2D eigenvalue weighted by molar-refractivity contribution is -0.140. The fraction of sp³-hybridized carbons (Fsp3) is 0.333. The number of ether oxygens (including phenoxy) is 2. The van der Waals surface area contributed by atoms with Crippen LogP contribution in [0.4, 0.5) is 5.69 Å². The molecule has 4 aromatic carbocycles. The molecule has 0 spiro atoms. The van der Waals surface area contributed by atoms with E-state index in [0.29, 0.717) is 10.8 Å². The van der Waals surface area contributed by atoms with Crippen LogP contribution in [0.3, 0.4) is 0 Å². The summed E-state index contributed by atoms with van der Waals surface area (Å²) in [5.41, 5.74) is 2.92. The zero-order chi connectivity index (χ0) is 35.7. The molecule has 9 nitrogen and oxygen atoms in total. The Hall–Kier alpha value is -4.54. The van der Waals surface area contributed by atoms with Crippen LogP contribution >= 0.6 is 11.6 Å². The molecule has 1 aliphatic carbocycles. The van der Waals surface area contributed by atoms with Crippen LogP contribution in [0.25, 0.3) is 0 Å². The van der Waals surface area contributed by atoms with Gasteiger partial charge in [0.15, 0.2) is 11.5 Å². The van der Waals surface area contributed by atoms with Gasteiger partial charge in [-0.2, -0.15) is 0 Å². The summed E-state index contributed by atoms with van der Waals surface area (Å²) in [5, 5.41) is 3.65. The Morgan fingerprint density at radius 2 is 1.52 bits per heavy atom.